The van der Waals surface area contributed by atoms with Crippen molar-refractivity contribution in [1.29, 1.82) is 4.78 Å². The quantitative estimate of drug-likeness (QED) is 0.803. The van der Waals surface area contributed by atoms with Gasteiger partial charge >= 0.3 is 5.97 Å². The van der Waals surface area contributed by atoms with Gasteiger partial charge in [-0.05, 0) is 18.2 Å². The van der Waals surface area contributed by atoms with Crippen LogP contribution in [0.2, 0.25) is 0 Å². The van der Waals surface area contributed by atoms with Crippen molar-refractivity contribution >= 4 is 15.7 Å². The van der Waals surface area contributed by atoms with Crippen LogP contribution in [0.1, 0.15) is 17.3 Å². The van der Waals surface area contributed by atoms with Crippen LogP contribution >= 0.6 is 0 Å². The summed E-state index contributed by atoms with van der Waals surface area (Å²) < 4.78 is 19.1. The van der Waals surface area contributed by atoms with E-state index in [2.05, 4.69) is 0 Å². The van der Waals surface area contributed by atoms with Crippen molar-refractivity contribution in [1.82, 2.24) is 0 Å². The first-order valence-electron chi connectivity index (χ1n) is 4.07. The van der Waals surface area contributed by atoms with Crippen molar-refractivity contribution in [3.8, 4) is 0 Å². The van der Waals surface area contributed by atoms with Gasteiger partial charge in [0.05, 0.1) is 15.3 Å². The van der Waals surface area contributed by atoms with E-state index >= 15 is 0 Å². The third-order valence-corrected chi connectivity index (χ3v) is 3.70. The van der Waals surface area contributed by atoms with Gasteiger partial charge in [-0.2, -0.15) is 0 Å². The lowest BCUT2D eigenvalue weighted by molar-refractivity contribution is 0.0696. The molecular weight excluding hydrogens is 202 g/mol. The molecule has 0 aliphatic heterocycles. The minimum Gasteiger partial charge on any atom is -0.478 e. The van der Waals surface area contributed by atoms with E-state index in [9.17, 15) is 9.00 Å². The Morgan fingerprint density at radius 3 is 2.71 bits per heavy atom. The summed E-state index contributed by atoms with van der Waals surface area (Å²) in [6.07, 6.45) is 0. The normalized spacial score (nSPS) is 14.6. The molecule has 1 rings (SSSR count). The summed E-state index contributed by atoms with van der Waals surface area (Å²) in [4.78, 5) is 10.9. The molecule has 1 aromatic rings. The summed E-state index contributed by atoms with van der Waals surface area (Å²) in [5.74, 6) is -0.881. The molecule has 14 heavy (non-hydrogen) atoms. The summed E-state index contributed by atoms with van der Waals surface area (Å²) >= 11 is 0. The van der Waals surface area contributed by atoms with Crippen LogP contribution in [0, 0.1) is 4.78 Å². The number of carboxylic acids is 1. The predicted molar refractivity (Wildman–Crippen MR) is 53.1 cm³/mol. The Kier molecular flexibility index (Phi) is 2.90. The molecule has 1 atom stereocenters. The zero-order chi connectivity index (χ0) is 10.8. The highest BCUT2D eigenvalue weighted by Crippen LogP contribution is 2.13. The Morgan fingerprint density at radius 1 is 1.57 bits per heavy atom. The fourth-order valence-electron chi connectivity index (χ4n) is 1.00. The maximum absolute atomic E-state index is 11.6. The van der Waals surface area contributed by atoms with E-state index in [1.54, 1.807) is 6.92 Å². The molecule has 0 fully saturated rings. The summed E-state index contributed by atoms with van der Waals surface area (Å²) in [7, 11) is -2.82. The van der Waals surface area contributed by atoms with E-state index in [-0.39, 0.29) is 16.2 Å². The fourth-order valence-corrected chi connectivity index (χ4v) is 1.95. The molecule has 0 heterocycles. The molecule has 1 aromatic carbocycles. The lowest BCUT2D eigenvalue weighted by Gasteiger charge is -2.04. The molecule has 0 saturated heterocycles. The highest BCUT2D eigenvalue weighted by Gasteiger charge is 2.10. The molecule has 2 N–H and O–H groups in total. The van der Waals surface area contributed by atoms with Crippen molar-refractivity contribution in [2.75, 3.05) is 5.75 Å². The monoisotopic (exact) mass is 213 g/mol. The Labute approximate surface area is 82.6 Å². The first kappa shape index (κ1) is 10.7. The zero-order valence-electron chi connectivity index (χ0n) is 7.69. The molecular formula is C9H11NO3S. The topological polar surface area (TPSA) is 78.2 Å². The van der Waals surface area contributed by atoms with Crippen molar-refractivity contribution in [2.45, 2.75) is 11.8 Å². The molecule has 0 amide bonds. The average molecular weight is 213 g/mol. The highest BCUT2D eigenvalue weighted by molar-refractivity contribution is 7.92. The van der Waals surface area contributed by atoms with Gasteiger partial charge in [0, 0.05) is 10.6 Å². The molecule has 0 saturated carbocycles. The number of carbonyl (C=O) groups is 1. The first-order valence-corrected chi connectivity index (χ1v) is 5.80. The standard InChI is InChI=1S/C9H11NO3S/c1-2-14(10,13)8-5-3-4-7(6-8)9(11)12/h3-6,10H,2H2,1H3,(H,11,12)/t14-/m1/s1. The summed E-state index contributed by atoms with van der Waals surface area (Å²) in [6, 6.07) is 5.73. The van der Waals surface area contributed by atoms with Crippen molar-refractivity contribution in [3.05, 3.63) is 29.8 Å². The first-order chi connectivity index (χ1) is 6.47. The van der Waals surface area contributed by atoms with Gasteiger partial charge in [-0.15, -0.1) is 0 Å². The van der Waals surface area contributed by atoms with Gasteiger partial charge in [0.1, 0.15) is 0 Å². The van der Waals surface area contributed by atoms with Gasteiger partial charge < -0.3 is 5.11 Å². The van der Waals surface area contributed by atoms with Crippen molar-refractivity contribution < 1.29 is 14.1 Å². The molecule has 0 unspecified atom stereocenters. The molecule has 5 heteroatoms. The van der Waals surface area contributed by atoms with Gasteiger partial charge in [0.15, 0.2) is 0 Å². The van der Waals surface area contributed by atoms with Crippen LogP contribution in [0.4, 0.5) is 0 Å². The Hall–Kier alpha value is -1.36. The maximum atomic E-state index is 11.6. The summed E-state index contributed by atoms with van der Waals surface area (Å²) in [5, 5.41) is 8.69. The summed E-state index contributed by atoms with van der Waals surface area (Å²) in [6.45, 7) is 1.64. The minimum absolute atomic E-state index is 0.0657. The van der Waals surface area contributed by atoms with Gasteiger partial charge in [0.25, 0.3) is 0 Å². The number of nitrogens with one attached hydrogen (secondary N) is 1. The van der Waals surface area contributed by atoms with Gasteiger partial charge in [-0.25, -0.2) is 13.8 Å². The van der Waals surface area contributed by atoms with E-state index in [1.165, 1.54) is 24.3 Å². The van der Waals surface area contributed by atoms with Crippen LogP contribution in [0.3, 0.4) is 0 Å². The van der Waals surface area contributed by atoms with Crippen molar-refractivity contribution in [2.24, 2.45) is 0 Å². The van der Waals surface area contributed by atoms with E-state index in [0.717, 1.165) is 0 Å². The molecule has 0 aliphatic carbocycles. The molecule has 0 aromatic heterocycles. The van der Waals surface area contributed by atoms with Gasteiger partial charge in [-0.1, -0.05) is 13.0 Å². The SMILES string of the molecule is CC[S@@](=N)(=O)c1cccc(C(=O)O)c1. The van der Waals surface area contributed by atoms with E-state index in [1.807, 2.05) is 0 Å². The molecule has 76 valence electrons. The largest absolute Gasteiger partial charge is 0.478 e. The minimum atomic E-state index is -2.82. The lowest BCUT2D eigenvalue weighted by atomic mass is 10.2. The van der Waals surface area contributed by atoms with E-state index in [4.69, 9.17) is 9.89 Å². The zero-order valence-corrected chi connectivity index (χ0v) is 8.50. The molecule has 0 bridgehead atoms. The second-order valence-electron chi connectivity index (χ2n) is 2.80. The molecule has 0 aliphatic rings. The molecule has 0 radical (unpaired) electrons. The predicted octanol–water partition coefficient (Wildman–Crippen LogP) is 1.81. The summed E-state index contributed by atoms with van der Waals surface area (Å²) in [5.41, 5.74) is 0.0657. The lowest BCUT2D eigenvalue weighted by Crippen LogP contribution is -2.04. The van der Waals surface area contributed by atoms with Crippen molar-refractivity contribution in [3.63, 3.8) is 0 Å². The fraction of sp³-hybridized carbons (Fsp3) is 0.222. The number of hydrogen-bond acceptors (Lipinski definition) is 3. The second-order valence-corrected chi connectivity index (χ2v) is 5.20. The van der Waals surface area contributed by atoms with Gasteiger partial charge in [0.2, 0.25) is 0 Å². The van der Waals surface area contributed by atoms with Crippen LogP contribution < -0.4 is 0 Å². The number of carboxylic acid groups (broad SMARTS) is 1. The third-order valence-electron chi connectivity index (χ3n) is 1.87. The molecule has 0 spiro atoms. The smallest absolute Gasteiger partial charge is 0.335 e. The van der Waals surface area contributed by atoms with Crippen LogP contribution in [0.5, 0.6) is 0 Å². The van der Waals surface area contributed by atoms with Crippen LogP contribution in [-0.4, -0.2) is 21.0 Å². The number of rotatable bonds is 3. The second kappa shape index (κ2) is 3.79. The number of hydrogen-bond donors (Lipinski definition) is 2. The number of aromatic carboxylic acids is 1. The third kappa shape index (κ3) is 2.11. The van der Waals surface area contributed by atoms with E-state index < -0.39 is 15.7 Å². The number of benzene rings is 1. The molecule has 4 nitrogen and oxygen atoms in total. The van der Waals surface area contributed by atoms with Gasteiger partial charge in [-0.3, -0.25) is 0 Å². The van der Waals surface area contributed by atoms with Crippen LogP contribution in [-0.2, 0) is 9.73 Å². The maximum Gasteiger partial charge on any atom is 0.335 e. The highest BCUT2D eigenvalue weighted by atomic mass is 32.2. The Balaban J connectivity index is 3.26. The van der Waals surface area contributed by atoms with Crippen LogP contribution in [0.25, 0.3) is 0 Å². The van der Waals surface area contributed by atoms with E-state index in [0.29, 0.717) is 0 Å². The Morgan fingerprint density at radius 2 is 2.21 bits per heavy atom. The Bertz CT molecular complexity index is 451. The van der Waals surface area contributed by atoms with Crippen LogP contribution in [0.15, 0.2) is 29.2 Å². The average Bonchev–Trinajstić information content (AvgIpc) is 2.18.